The maximum absolute atomic E-state index is 5.63. The van der Waals surface area contributed by atoms with Gasteiger partial charge < -0.3 is 4.52 Å². The van der Waals surface area contributed by atoms with E-state index in [1.807, 2.05) is 6.20 Å². The first-order chi connectivity index (χ1) is 10.5. The van der Waals surface area contributed by atoms with Crippen molar-refractivity contribution >= 4 is 0 Å². The predicted molar refractivity (Wildman–Crippen MR) is 87.9 cm³/mol. The van der Waals surface area contributed by atoms with Crippen molar-refractivity contribution in [2.24, 2.45) is 11.3 Å². The van der Waals surface area contributed by atoms with Crippen molar-refractivity contribution in [3.63, 3.8) is 0 Å². The first-order valence-corrected chi connectivity index (χ1v) is 8.50. The lowest BCUT2D eigenvalue weighted by Gasteiger charge is -2.54. The summed E-state index contributed by atoms with van der Waals surface area (Å²) < 4.78 is 5.63. The van der Waals surface area contributed by atoms with E-state index in [2.05, 4.69) is 56.3 Å². The highest BCUT2D eigenvalue weighted by molar-refractivity contribution is 5.31. The predicted octanol–water partition coefficient (Wildman–Crippen LogP) is 5.10. The van der Waals surface area contributed by atoms with E-state index in [4.69, 9.17) is 4.52 Å². The second-order valence-electron chi connectivity index (χ2n) is 8.17. The number of hydrogen-bond acceptors (Lipinski definition) is 2. The smallest absolute Gasteiger partial charge is 0.145 e. The van der Waals surface area contributed by atoms with Gasteiger partial charge in [-0.25, -0.2) is 0 Å². The first kappa shape index (κ1) is 14.0. The summed E-state index contributed by atoms with van der Waals surface area (Å²) in [6.07, 6.45) is 6.91. The molecule has 0 spiro atoms. The Morgan fingerprint density at radius 3 is 2.64 bits per heavy atom. The molecule has 1 unspecified atom stereocenters. The Hall–Kier alpha value is -1.57. The fourth-order valence-electron chi connectivity index (χ4n) is 5.47. The molecule has 2 heteroatoms. The molecule has 0 aliphatic heterocycles. The van der Waals surface area contributed by atoms with Crippen molar-refractivity contribution < 1.29 is 4.52 Å². The highest BCUT2D eigenvalue weighted by atomic mass is 16.5. The van der Waals surface area contributed by atoms with E-state index in [1.54, 1.807) is 0 Å². The number of hydrogen-bond donors (Lipinski definition) is 0. The van der Waals surface area contributed by atoms with Crippen LogP contribution >= 0.6 is 0 Å². The molecule has 2 nitrogen and oxygen atoms in total. The number of fused-ring (bicyclic) bond motifs is 2. The molecule has 3 atom stereocenters. The average Bonchev–Trinajstić information content (AvgIpc) is 2.96. The van der Waals surface area contributed by atoms with Crippen molar-refractivity contribution in [1.29, 1.82) is 0 Å². The highest BCUT2D eigenvalue weighted by Crippen LogP contribution is 2.59. The Balaban J connectivity index is 1.70. The lowest BCUT2D eigenvalue weighted by Crippen LogP contribution is -2.49. The molecule has 1 heterocycles. The van der Waals surface area contributed by atoms with Crippen LogP contribution < -0.4 is 0 Å². The van der Waals surface area contributed by atoms with Gasteiger partial charge in [0.15, 0.2) is 0 Å². The molecule has 1 aromatic heterocycles. The second-order valence-corrected chi connectivity index (χ2v) is 8.17. The van der Waals surface area contributed by atoms with E-state index < -0.39 is 0 Å². The van der Waals surface area contributed by atoms with Crippen LogP contribution in [0.1, 0.15) is 62.8 Å². The maximum atomic E-state index is 5.63. The topological polar surface area (TPSA) is 26.0 Å². The third kappa shape index (κ3) is 1.96. The molecule has 0 saturated heterocycles. The number of rotatable bonds is 1. The van der Waals surface area contributed by atoms with Crippen LogP contribution in [0, 0.1) is 11.3 Å². The van der Waals surface area contributed by atoms with Gasteiger partial charge in [0, 0.05) is 11.0 Å². The zero-order valence-electron chi connectivity index (χ0n) is 13.8. The Morgan fingerprint density at radius 2 is 1.86 bits per heavy atom. The number of aromatic nitrogens is 1. The molecule has 1 saturated carbocycles. The van der Waals surface area contributed by atoms with Gasteiger partial charge in [-0.05, 0) is 48.5 Å². The number of benzene rings is 1. The van der Waals surface area contributed by atoms with Crippen LogP contribution in [-0.4, -0.2) is 5.16 Å². The highest BCUT2D eigenvalue weighted by Gasteiger charge is 2.53. The van der Waals surface area contributed by atoms with Crippen LogP contribution in [0.15, 0.2) is 41.1 Å². The zero-order valence-corrected chi connectivity index (χ0v) is 13.8. The third-order valence-corrected chi connectivity index (χ3v) is 6.32. The summed E-state index contributed by atoms with van der Waals surface area (Å²) in [5, 5.41) is 4.09. The lowest BCUT2D eigenvalue weighted by molar-refractivity contribution is 0.0190. The molecule has 1 aromatic carbocycles. The molecule has 0 radical (unpaired) electrons. The van der Waals surface area contributed by atoms with Gasteiger partial charge in [0.05, 0.1) is 6.20 Å². The molecule has 0 N–H and O–H groups in total. The van der Waals surface area contributed by atoms with Gasteiger partial charge >= 0.3 is 0 Å². The van der Waals surface area contributed by atoms with Gasteiger partial charge in [-0.15, -0.1) is 0 Å². The Bertz CT molecular complexity index is 672. The summed E-state index contributed by atoms with van der Waals surface area (Å²) in [4.78, 5) is 0. The molecule has 2 aromatic rings. The van der Waals surface area contributed by atoms with E-state index >= 15 is 0 Å². The lowest BCUT2D eigenvalue weighted by atomic mass is 9.50. The monoisotopic (exact) mass is 295 g/mol. The summed E-state index contributed by atoms with van der Waals surface area (Å²) in [5.74, 6) is 2.51. The van der Waals surface area contributed by atoms with Gasteiger partial charge in [0.2, 0.25) is 0 Å². The van der Waals surface area contributed by atoms with Crippen LogP contribution in [0.4, 0.5) is 0 Å². The molecule has 1 fully saturated rings. The van der Waals surface area contributed by atoms with Gasteiger partial charge in [0.1, 0.15) is 5.76 Å². The summed E-state index contributed by atoms with van der Waals surface area (Å²) in [6.45, 7) is 7.19. The van der Waals surface area contributed by atoms with Gasteiger partial charge in [0.25, 0.3) is 0 Å². The summed E-state index contributed by atoms with van der Waals surface area (Å²) >= 11 is 0. The van der Waals surface area contributed by atoms with Crippen molar-refractivity contribution in [3.05, 3.63) is 53.4 Å². The van der Waals surface area contributed by atoms with Crippen molar-refractivity contribution in [2.75, 3.05) is 0 Å². The molecule has 2 aliphatic rings. The molecule has 116 valence electrons. The van der Waals surface area contributed by atoms with Crippen LogP contribution in [0.25, 0.3) is 0 Å². The largest absolute Gasteiger partial charge is 0.361 e. The molecule has 0 amide bonds. The van der Waals surface area contributed by atoms with Gasteiger partial charge in [-0.2, -0.15) is 0 Å². The van der Waals surface area contributed by atoms with Crippen molar-refractivity contribution in [2.45, 2.75) is 57.8 Å². The van der Waals surface area contributed by atoms with Crippen molar-refractivity contribution in [1.82, 2.24) is 5.16 Å². The number of nitrogens with zero attached hydrogens (tertiary/aromatic N) is 1. The van der Waals surface area contributed by atoms with E-state index in [1.165, 1.54) is 30.4 Å². The molecular weight excluding hydrogens is 270 g/mol. The Kier molecular flexibility index (Phi) is 3.01. The van der Waals surface area contributed by atoms with E-state index in [9.17, 15) is 0 Å². The Morgan fingerprint density at radius 1 is 1.09 bits per heavy atom. The fraction of sp³-hybridized carbons (Fsp3) is 0.550. The third-order valence-electron chi connectivity index (χ3n) is 6.32. The second kappa shape index (κ2) is 4.71. The quantitative estimate of drug-likeness (QED) is 0.731. The fourth-order valence-corrected chi connectivity index (χ4v) is 5.47. The summed E-state index contributed by atoms with van der Waals surface area (Å²) in [5.41, 5.74) is 3.29. The van der Waals surface area contributed by atoms with Crippen LogP contribution in [0.5, 0.6) is 0 Å². The minimum Gasteiger partial charge on any atom is -0.361 e. The zero-order chi connectivity index (χ0) is 15.4. The van der Waals surface area contributed by atoms with Crippen LogP contribution in [0.3, 0.4) is 0 Å². The SMILES string of the molecule is CC1(C)c2oncc2C[C@]2(C)CC(c3ccccc3)CC[C@@H]12. The van der Waals surface area contributed by atoms with E-state index in [0.717, 1.165) is 12.2 Å². The molecule has 0 bridgehead atoms. The van der Waals surface area contributed by atoms with Crippen LogP contribution in [-0.2, 0) is 11.8 Å². The minimum atomic E-state index is 0.0977. The minimum absolute atomic E-state index is 0.0977. The first-order valence-electron chi connectivity index (χ1n) is 8.50. The Labute approximate surface area is 132 Å². The van der Waals surface area contributed by atoms with Crippen molar-refractivity contribution in [3.8, 4) is 0 Å². The van der Waals surface area contributed by atoms with Crippen LogP contribution in [0.2, 0.25) is 0 Å². The van der Waals surface area contributed by atoms with Gasteiger partial charge in [-0.1, -0.05) is 56.3 Å². The summed E-state index contributed by atoms with van der Waals surface area (Å²) in [7, 11) is 0. The van der Waals surface area contributed by atoms with E-state index in [0.29, 0.717) is 17.3 Å². The molecule has 22 heavy (non-hydrogen) atoms. The van der Waals surface area contributed by atoms with Gasteiger partial charge in [-0.3, -0.25) is 0 Å². The molecule has 4 rings (SSSR count). The average molecular weight is 295 g/mol. The standard InChI is InChI=1S/C20H25NO/c1-19(2)17-10-9-15(14-7-5-4-6-8-14)11-20(17,3)12-16-13-21-22-18(16)19/h4-8,13,15,17H,9-12H2,1-3H3/t15?,17-,20-/m0/s1. The maximum Gasteiger partial charge on any atom is 0.145 e. The molecular formula is C20H25NO. The summed E-state index contributed by atoms with van der Waals surface area (Å²) in [6, 6.07) is 11.1. The molecule has 2 aliphatic carbocycles. The van der Waals surface area contributed by atoms with E-state index in [-0.39, 0.29) is 5.41 Å². The normalized spacial score (nSPS) is 33.0.